The second-order valence-corrected chi connectivity index (χ2v) is 11.5. The first-order valence-corrected chi connectivity index (χ1v) is 14.9. The van der Waals surface area contributed by atoms with Crippen molar-refractivity contribution in [2.45, 2.75) is 52.6 Å². The summed E-state index contributed by atoms with van der Waals surface area (Å²) < 4.78 is 17.1. The molecule has 0 spiro atoms. The second kappa shape index (κ2) is 12.9. The molecule has 45 heavy (non-hydrogen) atoms. The molecule has 0 aliphatic heterocycles. The molecular formula is C34H39N5O6. The van der Waals surface area contributed by atoms with E-state index in [0.29, 0.717) is 46.9 Å². The fourth-order valence-electron chi connectivity index (χ4n) is 5.96. The van der Waals surface area contributed by atoms with Gasteiger partial charge in [-0.15, -0.1) is 0 Å². The smallest absolute Gasteiger partial charge is 0.247 e. The maximum Gasteiger partial charge on any atom is 0.247 e. The van der Waals surface area contributed by atoms with Crippen LogP contribution in [0.3, 0.4) is 0 Å². The molecule has 1 heterocycles. The number of carbonyl (C=O) groups is 2. The number of benzene rings is 2. The Morgan fingerprint density at radius 3 is 2.42 bits per heavy atom. The number of carbonyl (C=O) groups excluding carboxylic acids is 2. The summed E-state index contributed by atoms with van der Waals surface area (Å²) in [4.78, 5) is 47.2. The number of hydrogen-bond acceptors (Lipinski definition) is 8. The topological polar surface area (TPSA) is 144 Å². The number of nitrogens with zero attached hydrogens (tertiary/aromatic N) is 1. The molecule has 11 nitrogen and oxygen atoms in total. The van der Waals surface area contributed by atoms with Crippen molar-refractivity contribution < 1.29 is 23.8 Å². The standard InChI is InChI=1S/C34H39N5O6/c1-17(2)31(34(42)38-21-9-12-25-27(15-21)36-18(3)35-25)39-26-13-10-22-23(16-28(26)41)24(37-19(4)40)11-8-20-14-29(43-5)32(44-6)33(45-7)30(20)22/h9-10,12-17,24,31H,8,11H2,1-7H3,(H,35,36)(H,37,40)(H,38,42)(H,39,41)/t24-,31-/m1/s1. The van der Waals surface area contributed by atoms with Crippen LogP contribution in [0.5, 0.6) is 17.2 Å². The summed E-state index contributed by atoms with van der Waals surface area (Å²) in [5.41, 5.74) is 5.20. The lowest BCUT2D eigenvalue weighted by atomic mass is 9.95. The van der Waals surface area contributed by atoms with Gasteiger partial charge >= 0.3 is 0 Å². The van der Waals surface area contributed by atoms with Crippen LogP contribution in [0.4, 0.5) is 11.4 Å². The lowest BCUT2D eigenvalue weighted by Gasteiger charge is -2.22. The SMILES string of the molecule is COc1cc2c(c(OC)c1OC)-c1ccc(N[C@@H](C(=O)Nc3ccc4nc(C)[nH]c4c3)C(C)C)c(=O)cc1[C@H](NC(C)=O)CC2. The summed E-state index contributed by atoms with van der Waals surface area (Å²) in [5.74, 6) is 1.54. The summed E-state index contributed by atoms with van der Waals surface area (Å²) in [6, 6.07) is 11.3. The maximum absolute atomic E-state index is 13.8. The van der Waals surface area contributed by atoms with Crippen molar-refractivity contribution in [2.24, 2.45) is 5.92 Å². The third-order valence-electron chi connectivity index (χ3n) is 8.04. The van der Waals surface area contributed by atoms with Crippen LogP contribution in [-0.2, 0) is 16.0 Å². The van der Waals surface area contributed by atoms with Gasteiger partial charge in [0.25, 0.3) is 0 Å². The minimum atomic E-state index is -0.726. The van der Waals surface area contributed by atoms with E-state index in [1.54, 1.807) is 33.5 Å². The van der Waals surface area contributed by atoms with E-state index in [1.807, 2.05) is 45.0 Å². The lowest BCUT2D eigenvalue weighted by molar-refractivity contribution is -0.120. The van der Waals surface area contributed by atoms with E-state index in [0.717, 1.165) is 28.0 Å². The highest BCUT2D eigenvalue weighted by atomic mass is 16.5. The third kappa shape index (κ3) is 6.29. The molecule has 4 aromatic rings. The van der Waals surface area contributed by atoms with Crippen LogP contribution in [0, 0.1) is 12.8 Å². The highest BCUT2D eigenvalue weighted by molar-refractivity contribution is 5.98. The van der Waals surface area contributed by atoms with Crippen molar-refractivity contribution >= 4 is 34.2 Å². The molecule has 2 amide bonds. The Balaban J connectivity index is 1.58. The van der Waals surface area contributed by atoms with E-state index in [2.05, 4.69) is 25.9 Å². The van der Waals surface area contributed by atoms with Gasteiger partial charge in [-0.05, 0) is 78.8 Å². The zero-order valence-corrected chi connectivity index (χ0v) is 26.6. The number of rotatable bonds is 9. The third-order valence-corrected chi connectivity index (χ3v) is 8.04. The molecule has 0 unspecified atom stereocenters. The average Bonchev–Trinajstić information content (AvgIpc) is 3.21. The van der Waals surface area contributed by atoms with Gasteiger partial charge in [0.2, 0.25) is 23.0 Å². The molecule has 0 saturated heterocycles. The first kappa shape index (κ1) is 31.4. The maximum atomic E-state index is 13.8. The van der Waals surface area contributed by atoms with Crippen LogP contribution in [0.2, 0.25) is 0 Å². The van der Waals surface area contributed by atoms with Gasteiger partial charge in [-0.2, -0.15) is 0 Å². The van der Waals surface area contributed by atoms with Gasteiger partial charge in [-0.25, -0.2) is 4.98 Å². The van der Waals surface area contributed by atoms with Crippen molar-refractivity contribution in [3.63, 3.8) is 0 Å². The van der Waals surface area contributed by atoms with Crippen LogP contribution in [-0.4, -0.2) is 49.2 Å². The number of H-pyrrole nitrogens is 1. The van der Waals surface area contributed by atoms with Gasteiger partial charge in [0.1, 0.15) is 11.9 Å². The molecule has 2 atom stereocenters. The Kier molecular flexibility index (Phi) is 8.99. The molecule has 1 aliphatic rings. The van der Waals surface area contributed by atoms with Crippen LogP contribution < -0.4 is 35.6 Å². The normalized spacial score (nSPS) is 14.5. The summed E-state index contributed by atoms with van der Waals surface area (Å²) >= 11 is 0. The molecule has 0 saturated carbocycles. The quantitative estimate of drug-likeness (QED) is 0.204. The lowest BCUT2D eigenvalue weighted by Crippen LogP contribution is -2.39. The number of anilines is 2. The van der Waals surface area contributed by atoms with Crippen LogP contribution in [0.1, 0.15) is 50.2 Å². The van der Waals surface area contributed by atoms with E-state index < -0.39 is 12.1 Å². The van der Waals surface area contributed by atoms with Crippen molar-refractivity contribution in [2.75, 3.05) is 32.0 Å². The molecule has 0 radical (unpaired) electrons. The predicted octanol–water partition coefficient (Wildman–Crippen LogP) is 5.12. The van der Waals surface area contributed by atoms with Crippen molar-refractivity contribution in [3.05, 3.63) is 69.6 Å². The number of imidazole rings is 1. The highest BCUT2D eigenvalue weighted by Gasteiger charge is 2.30. The van der Waals surface area contributed by atoms with Crippen LogP contribution in [0.15, 0.2) is 47.3 Å². The fraction of sp³-hybridized carbons (Fsp3) is 0.353. The number of aromatic nitrogens is 2. The van der Waals surface area contributed by atoms with Gasteiger partial charge in [-0.3, -0.25) is 14.4 Å². The van der Waals surface area contributed by atoms with Gasteiger partial charge in [0, 0.05) is 18.2 Å². The summed E-state index contributed by atoms with van der Waals surface area (Å²) in [7, 11) is 4.66. The number of aryl methyl sites for hydroxylation is 2. The van der Waals surface area contributed by atoms with Gasteiger partial charge < -0.3 is 35.1 Å². The number of aromatic amines is 1. The summed E-state index contributed by atoms with van der Waals surface area (Å²) in [5, 5.41) is 9.20. The van der Waals surface area contributed by atoms with Crippen LogP contribution >= 0.6 is 0 Å². The van der Waals surface area contributed by atoms with Gasteiger partial charge in [-0.1, -0.05) is 19.9 Å². The second-order valence-electron chi connectivity index (χ2n) is 11.5. The Labute approximate surface area is 261 Å². The first-order valence-electron chi connectivity index (χ1n) is 14.9. The van der Waals surface area contributed by atoms with Crippen LogP contribution in [0.25, 0.3) is 22.2 Å². The number of amides is 2. The molecule has 11 heteroatoms. The minimum Gasteiger partial charge on any atom is -0.493 e. The largest absolute Gasteiger partial charge is 0.493 e. The summed E-state index contributed by atoms with van der Waals surface area (Å²) in [6.07, 6.45) is 1.13. The van der Waals surface area contributed by atoms with E-state index in [-0.39, 0.29) is 28.8 Å². The van der Waals surface area contributed by atoms with E-state index in [1.165, 1.54) is 13.0 Å². The average molecular weight is 614 g/mol. The van der Waals surface area contributed by atoms with Gasteiger partial charge in [0.05, 0.1) is 44.1 Å². The number of hydrogen-bond donors (Lipinski definition) is 4. The van der Waals surface area contributed by atoms with E-state index >= 15 is 0 Å². The van der Waals surface area contributed by atoms with Crippen molar-refractivity contribution in [1.29, 1.82) is 0 Å². The molecule has 3 aromatic carbocycles. The Morgan fingerprint density at radius 1 is 1.00 bits per heavy atom. The molecule has 1 aromatic heterocycles. The van der Waals surface area contributed by atoms with Gasteiger partial charge in [0.15, 0.2) is 11.5 Å². The molecule has 1 aliphatic carbocycles. The summed E-state index contributed by atoms with van der Waals surface area (Å²) in [6.45, 7) is 7.15. The van der Waals surface area contributed by atoms with E-state index in [4.69, 9.17) is 14.2 Å². The predicted molar refractivity (Wildman–Crippen MR) is 174 cm³/mol. The molecule has 4 N–H and O–H groups in total. The number of nitrogens with one attached hydrogen (secondary N) is 4. The molecular weight excluding hydrogens is 574 g/mol. The molecule has 0 fully saturated rings. The number of methoxy groups -OCH3 is 3. The zero-order valence-electron chi connectivity index (χ0n) is 26.6. The first-order chi connectivity index (χ1) is 21.5. The zero-order chi connectivity index (χ0) is 32.4. The molecule has 0 bridgehead atoms. The monoisotopic (exact) mass is 613 g/mol. The fourth-order valence-corrected chi connectivity index (χ4v) is 5.96. The van der Waals surface area contributed by atoms with E-state index in [9.17, 15) is 14.4 Å². The molecule has 5 rings (SSSR count). The Hall–Kier alpha value is -5.06. The number of fused-ring (bicyclic) bond motifs is 4. The Bertz CT molecular complexity index is 1830. The molecule has 236 valence electrons. The van der Waals surface area contributed by atoms with Crippen molar-refractivity contribution in [3.8, 4) is 28.4 Å². The minimum absolute atomic E-state index is 0.157. The Morgan fingerprint density at radius 2 is 1.76 bits per heavy atom. The highest BCUT2D eigenvalue weighted by Crippen LogP contribution is 2.50. The van der Waals surface area contributed by atoms with Crippen molar-refractivity contribution in [1.82, 2.24) is 15.3 Å². The number of ether oxygens (including phenoxy) is 3.